The molecule has 0 saturated carbocycles. The summed E-state index contributed by atoms with van der Waals surface area (Å²) in [5.74, 6) is 1.25. The minimum atomic E-state index is -4.35. The van der Waals surface area contributed by atoms with Crippen molar-refractivity contribution in [3.05, 3.63) is 29.8 Å². The van der Waals surface area contributed by atoms with E-state index in [9.17, 15) is 21.6 Å². The molecule has 0 aromatic heterocycles. The molecule has 2 aliphatic heterocycles. The Bertz CT molecular complexity index is 825. The molecular weight excluding hydrogens is 520 g/mol. The van der Waals surface area contributed by atoms with Crippen LogP contribution in [0.1, 0.15) is 12.0 Å². The zero-order valence-corrected chi connectivity index (χ0v) is 19.3. The number of benzene rings is 1. The average molecular weight is 546 g/mol. The molecule has 11 heteroatoms. The van der Waals surface area contributed by atoms with E-state index >= 15 is 0 Å². The molecule has 2 saturated heterocycles. The predicted molar refractivity (Wildman–Crippen MR) is 119 cm³/mol. The first kappa shape index (κ1) is 24.0. The van der Waals surface area contributed by atoms with Crippen LogP contribution in [0, 0.1) is 5.92 Å². The Morgan fingerprint density at radius 2 is 1.93 bits per heavy atom. The van der Waals surface area contributed by atoms with Gasteiger partial charge in [-0.1, -0.05) is 6.07 Å². The number of hydrogen-bond donors (Lipinski definition) is 1. The molecule has 1 aromatic rings. The smallest absolute Gasteiger partial charge is 0.368 e. The van der Waals surface area contributed by atoms with Gasteiger partial charge in [-0.05, 0) is 30.5 Å². The van der Waals surface area contributed by atoms with E-state index in [4.69, 9.17) is 0 Å². The number of guanidine groups is 1. The molecule has 1 unspecified atom stereocenters. The quantitative estimate of drug-likeness (QED) is 0.359. The van der Waals surface area contributed by atoms with E-state index in [1.807, 2.05) is 9.80 Å². The van der Waals surface area contributed by atoms with Gasteiger partial charge in [0.05, 0.1) is 17.1 Å². The van der Waals surface area contributed by atoms with E-state index < -0.39 is 21.6 Å². The highest BCUT2D eigenvalue weighted by Crippen LogP contribution is 2.31. The number of halogens is 4. The van der Waals surface area contributed by atoms with Crippen molar-refractivity contribution >= 4 is 45.5 Å². The van der Waals surface area contributed by atoms with Gasteiger partial charge in [-0.2, -0.15) is 13.2 Å². The Morgan fingerprint density at radius 1 is 1.24 bits per heavy atom. The number of sulfone groups is 1. The normalized spacial score (nSPS) is 22.3. The van der Waals surface area contributed by atoms with E-state index in [2.05, 4.69) is 10.3 Å². The lowest BCUT2D eigenvalue weighted by molar-refractivity contribution is -0.137. The van der Waals surface area contributed by atoms with Crippen molar-refractivity contribution in [2.75, 3.05) is 56.2 Å². The largest absolute Gasteiger partial charge is 0.416 e. The Balaban J connectivity index is 0.00000300. The van der Waals surface area contributed by atoms with Crippen LogP contribution in [0.4, 0.5) is 18.9 Å². The predicted octanol–water partition coefficient (Wildman–Crippen LogP) is 2.46. The molecule has 0 amide bonds. The summed E-state index contributed by atoms with van der Waals surface area (Å²) < 4.78 is 61.9. The number of rotatable bonds is 3. The minimum absolute atomic E-state index is 0. The third-order valence-electron chi connectivity index (χ3n) is 5.21. The lowest BCUT2D eigenvalue weighted by Crippen LogP contribution is -2.53. The molecule has 1 aromatic carbocycles. The fraction of sp³-hybridized carbons (Fsp3) is 0.611. The molecule has 0 aliphatic carbocycles. The minimum Gasteiger partial charge on any atom is -0.368 e. The molecule has 2 heterocycles. The van der Waals surface area contributed by atoms with Crippen LogP contribution in [0.3, 0.4) is 0 Å². The number of anilines is 1. The lowest BCUT2D eigenvalue weighted by Gasteiger charge is -2.38. The van der Waals surface area contributed by atoms with Gasteiger partial charge in [0.25, 0.3) is 0 Å². The molecule has 1 N–H and O–H groups in total. The van der Waals surface area contributed by atoms with Crippen LogP contribution < -0.4 is 10.2 Å². The zero-order valence-electron chi connectivity index (χ0n) is 16.2. The second-order valence-electron chi connectivity index (χ2n) is 7.22. The van der Waals surface area contributed by atoms with Crippen LogP contribution >= 0.6 is 24.0 Å². The topological polar surface area (TPSA) is 65.0 Å². The Morgan fingerprint density at radius 3 is 2.48 bits per heavy atom. The Kier molecular flexibility index (Phi) is 8.05. The van der Waals surface area contributed by atoms with Gasteiger partial charge in [-0.15, -0.1) is 24.0 Å². The van der Waals surface area contributed by atoms with Crippen LogP contribution in [0.5, 0.6) is 0 Å². The van der Waals surface area contributed by atoms with Crippen molar-refractivity contribution in [1.82, 2.24) is 10.2 Å². The van der Waals surface area contributed by atoms with Crippen LogP contribution in [-0.2, 0) is 16.0 Å². The molecule has 1 atom stereocenters. The van der Waals surface area contributed by atoms with E-state index in [0.717, 1.165) is 6.07 Å². The SMILES string of the molecule is CN=C(NCC1CCS(=O)(=O)C1)N1CCN(c2cccc(C(F)(F)F)c2)CC1.I. The van der Waals surface area contributed by atoms with Gasteiger partial charge in [0.2, 0.25) is 0 Å². The summed E-state index contributed by atoms with van der Waals surface area (Å²) in [4.78, 5) is 8.25. The third-order valence-corrected chi connectivity index (χ3v) is 7.04. The number of aliphatic imine (C=N–C) groups is 1. The number of piperazine rings is 1. The van der Waals surface area contributed by atoms with Gasteiger partial charge in [-0.25, -0.2) is 8.42 Å². The number of nitrogens with zero attached hydrogens (tertiary/aromatic N) is 3. The summed E-state index contributed by atoms with van der Waals surface area (Å²) in [5.41, 5.74) is -0.0787. The number of alkyl halides is 3. The van der Waals surface area contributed by atoms with Crippen molar-refractivity contribution in [2.24, 2.45) is 10.9 Å². The van der Waals surface area contributed by atoms with Crippen molar-refractivity contribution < 1.29 is 21.6 Å². The maximum absolute atomic E-state index is 12.9. The van der Waals surface area contributed by atoms with E-state index in [-0.39, 0.29) is 41.4 Å². The van der Waals surface area contributed by atoms with Crippen molar-refractivity contribution in [1.29, 1.82) is 0 Å². The molecule has 2 aliphatic rings. The van der Waals surface area contributed by atoms with Gasteiger partial charge in [0.1, 0.15) is 0 Å². The average Bonchev–Trinajstić information content (AvgIpc) is 3.01. The molecule has 3 rings (SSSR count). The van der Waals surface area contributed by atoms with Crippen molar-refractivity contribution in [3.8, 4) is 0 Å². The summed E-state index contributed by atoms with van der Waals surface area (Å²) in [6.07, 6.45) is -3.69. The third kappa shape index (κ3) is 6.37. The van der Waals surface area contributed by atoms with Gasteiger partial charge < -0.3 is 15.1 Å². The number of nitrogens with one attached hydrogen (secondary N) is 1. The maximum atomic E-state index is 12.9. The van der Waals surface area contributed by atoms with Crippen LogP contribution in [-0.4, -0.2) is 70.6 Å². The standard InChI is InChI=1S/C18H25F3N4O2S.HI/c1-22-17(23-12-14-5-10-28(26,27)13-14)25-8-6-24(7-9-25)16-4-2-3-15(11-16)18(19,20)21;/h2-4,11,14H,5-10,12-13H2,1H3,(H,22,23);1H. The second kappa shape index (κ2) is 9.71. The first-order valence-electron chi connectivity index (χ1n) is 9.26. The highest BCUT2D eigenvalue weighted by Gasteiger charge is 2.31. The summed E-state index contributed by atoms with van der Waals surface area (Å²) >= 11 is 0. The summed E-state index contributed by atoms with van der Waals surface area (Å²) in [7, 11) is -1.23. The molecule has 2 fully saturated rings. The molecule has 0 spiro atoms. The zero-order chi connectivity index (χ0) is 20.4. The molecular formula is C18H26F3IN4O2S. The molecule has 164 valence electrons. The Hall–Kier alpha value is -1.24. The van der Waals surface area contributed by atoms with Crippen molar-refractivity contribution in [2.45, 2.75) is 12.6 Å². The van der Waals surface area contributed by atoms with Crippen LogP contribution in [0.25, 0.3) is 0 Å². The van der Waals surface area contributed by atoms with Crippen LogP contribution in [0.2, 0.25) is 0 Å². The van der Waals surface area contributed by atoms with Gasteiger partial charge in [0.15, 0.2) is 15.8 Å². The fourth-order valence-corrected chi connectivity index (χ4v) is 5.52. The first-order chi connectivity index (χ1) is 13.2. The fourth-order valence-electron chi connectivity index (χ4n) is 3.66. The first-order valence-corrected chi connectivity index (χ1v) is 11.1. The van der Waals surface area contributed by atoms with Crippen LogP contribution in [0.15, 0.2) is 29.3 Å². The summed E-state index contributed by atoms with van der Waals surface area (Å²) in [6.45, 7) is 2.97. The Labute approximate surface area is 186 Å². The van der Waals surface area contributed by atoms with Gasteiger partial charge >= 0.3 is 6.18 Å². The van der Waals surface area contributed by atoms with Gasteiger partial charge in [0, 0.05) is 45.5 Å². The number of hydrogen-bond acceptors (Lipinski definition) is 4. The highest BCUT2D eigenvalue weighted by molar-refractivity contribution is 14.0. The molecule has 0 bridgehead atoms. The molecule has 29 heavy (non-hydrogen) atoms. The highest BCUT2D eigenvalue weighted by atomic mass is 127. The van der Waals surface area contributed by atoms with Gasteiger partial charge in [-0.3, -0.25) is 4.99 Å². The molecule has 6 nitrogen and oxygen atoms in total. The monoisotopic (exact) mass is 546 g/mol. The summed E-state index contributed by atoms with van der Waals surface area (Å²) in [6, 6.07) is 5.39. The van der Waals surface area contributed by atoms with E-state index in [1.54, 1.807) is 13.1 Å². The van der Waals surface area contributed by atoms with E-state index in [1.165, 1.54) is 12.1 Å². The lowest BCUT2D eigenvalue weighted by atomic mass is 10.1. The maximum Gasteiger partial charge on any atom is 0.416 e. The van der Waals surface area contributed by atoms with Crippen molar-refractivity contribution in [3.63, 3.8) is 0 Å². The summed E-state index contributed by atoms with van der Waals surface area (Å²) in [5, 5.41) is 3.25. The van der Waals surface area contributed by atoms with E-state index in [0.29, 0.717) is 50.8 Å². The second-order valence-corrected chi connectivity index (χ2v) is 9.45. The molecule has 0 radical (unpaired) electrons.